The Morgan fingerprint density at radius 3 is 2.47 bits per heavy atom. The van der Waals surface area contributed by atoms with Crippen LogP contribution >= 0.6 is 0 Å². The highest BCUT2D eigenvalue weighted by atomic mass is 16.5. The molecule has 1 atom stereocenters. The van der Waals surface area contributed by atoms with Gasteiger partial charge in [0.25, 0.3) is 11.8 Å². The fourth-order valence-electron chi connectivity index (χ4n) is 4.21. The van der Waals surface area contributed by atoms with Gasteiger partial charge in [-0.2, -0.15) is 0 Å². The summed E-state index contributed by atoms with van der Waals surface area (Å²) in [6, 6.07) is 21.3. The lowest BCUT2D eigenvalue weighted by Gasteiger charge is -2.34. The summed E-state index contributed by atoms with van der Waals surface area (Å²) in [7, 11) is 1.52. The fraction of sp³-hybridized carbons (Fsp3) is 0.148. The molecule has 3 aromatic carbocycles. The average Bonchev–Trinajstić information content (AvgIpc) is 2.89. The van der Waals surface area contributed by atoms with Crippen LogP contribution in [-0.2, 0) is 4.79 Å². The number of ether oxygens (including phenoxy) is 1. The summed E-state index contributed by atoms with van der Waals surface area (Å²) in [5, 5.41) is 2.90. The molecule has 2 amide bonds. The van der Waals surface area contributed by atoms with Crippen molar-refractivity contribution in [2.45, 2.75) is 13.0 Å². The van der Waals surface area contributed by atoms with Gasteiger partial charge >= 0.3 is 0 Å². The van der Waals surface area contributed by atoms with Gasteiger partial charge < -0.3 is 19.4 Å². The number of carbonyl (C=O) groups is 2. The first-order chi connectivity index (χ1) is 16.5. The zero-order chi connectivity index (χ0) is 23.8. The minimum absolute atomic E-state index is 0.0214. The standard InChI is InChI=1S/C27H22N2O5/c1-16-23(30)18-11-8-12-19(25(18)34-24(16)17-9-4-3-5-10-17)27(32)29-15-22(26(31)28-2)33-21-14-7-6-13-20(21)29/h3-14,22H,15H2,1-2H3,(H,28,31). The van der Waals surface area contributed by atoms with Crippen molar-refractivity contribution >= 4 is 28.5 Å². The second-order valence-corrected chi connectivity index (χ2v) is 8.04. The lowest BCUT2D eigenvalue weighted by Crippen LogP contribution is -2.50. The van der Waals surface area contributed by atoms with Crippen LogP contribution in [0.1, 0.15) is 15.9 Å². The molecule has 170 valence electrons. The summed E-state index contributed by atoms with van der Waals surface area (Å²) in [6.45, 7) is 1.74. The van der Waals surface area contributed by atoms with Crippen molar-refractivity contribution in [2.75, 3.05) is 18.5 Å². The van der Waals surface area contributed by atoms with E-state index >= 15 is 0 Å². The SMILES string of the molecule is CNC(=O)C1CN(C(=O)c2cccc3c(=O)c(C)c(-c4ccccc4)oc23)c2ccccc2O1. The Hall–Kier alpha value is -4.39. The Kier molecular flexibility index (Phi) is 5.37. The van der Waals surface area contributed by atoms with E-state index in [2.05, 4.69) is 5.32 Å². The second-order valence-electron chi connectivity index (χ2n) is 8.04. The maximum Gasteiger partial charge on any atom is 0.262 e. The first kappa shape index (κ1) is 21.5. The molecule has 1 aromatic heterocycles. The van der Waals surface area contributed by atoms with Crippen molar-refractivity contribution in [2.24, 2.45) is 0 Å². The molecule has 1 unspecified atom stereocenters. The lowest BCUT2D eigenvalue weighted by molar-refractivity contribution is -0.127. The van der Waals surface area contributed by atoms with Crippen molar-refractivity contribution < 1.29 is 18.7 Å². The topological polar surface area (TPSA) is 88.9 Å². The van der Waals surface area contributed by atoms with Gasteiger partial charge in [0.2, 0.25) is 0 Å². The van der Waals surface area contributed by atoms with Crippen LogP contribution in [0.4, 0.5) is 5.69 Å². The number of anilines is 1. The van der Waals surface area contributed by atoms with Crippen LogP contribution in [0.25, 0.3) is 22.3 Å². The van der Waals surface area contributed by atoms with Crippen molar-refractivity contribution in [1.82, 2.24) is 5.32 Å². The second kappa shape index (κ2) is 8.51. The van der Waals surface area contributed by atoms with E-state index in [1.807, 2.05) is 30.3 Å². The molecule has 0 saturated heterocycles. The molecule has 0 radical (unpaired) electrons. The van der Waals surface area contributed by atoms with Gasteiger partial charge in [-0.25, -0.2) is 0 Å². The minimum atomic E-state index is -0.868. The van der Waals surface area contributed by atoms with E-state index in [1.54, 1.807) is 49.4 Å². The van der Waals surface area contributed by atoms with E-state index in [1.165, 1.54) is 11.9 Å². The molecule has 0 aliphatic carbocycles. The number of rotatable bonds is 3. The van der Waals surface area contributed by atoms with Gasteiger partial charge in [-0.1, -0.05) is 48.5 Å². The number of nitrogens with one attached hydrogen (secondary N) is 1. The number of benzene rings is 3. The highest BCUT2D eigenvalue weighted by molar-refractivity contribution is 6.14. The van der Waals surface area contributed by atoms with E-state index in [0.717, 1.165) is 5.56 Å². The van der Waals surface area contributed by atoms with Crippen LogP contribution in [0.3, 0.4) is 0 Å². The number of fused-ring (bicyclic) bond motifs is 2. The third-order valence-electron chi connectivity index (χ3n) is 5.97. The summed E-state index contributed by atoms with van der Waals surface area (Å²) in [5.41, 5.74) is 2.02. The van der Waals surface area contributed by atoms with Gasteiger partial charge in [-0.15, -0.1) is 0 Å². The number of likely N-dealkylation sites (N-methyl/N-ethyl adjacent to an activating group) is 1. The van der Waals surface area contributed by atoms with Gasteiger partial charge in [0, 0.05) is 18.2 Å². The summed E-state index contributed by atoms with van der Waals surface area (Å²) in [5.74, 6) is 0.127. The van der Waals surface area contributed by atoms with Crippen molar-refractivity contribution in [1.29, 1.82) is 0 Å². The van der Waals surface area contributed by atoms with Crippen LogP contribution in [0, 0.1) is 6.92 Å². The summed E-state index contributed by atoms with van der Waals surface area (Å²) >= 11 is 0. The molecule has 1 aliphatic rings. The fourth-order valence-corrected chi connectivity index (χ4v) is 4.21. The van der Waals surface area contributed by atoms with Gasteiger partial charge in [-0.05, 0) is 31.2 Å². The quantitative estimate of drug-likeness (QED) is 0.507. The average molecular weight is 454 g/mol. The van der Waals surface area contributed by atoms with E-state index in [-0.39, 0.29) is 34.9 Å². The van der Waals surface area contributed by atoms with Crippen LogP contribution in [-0.4, -0.2) is 31.5 Å². The highest BCUT2D eigenvalue weighted by Gasteiger charge is 2.34. The minimum Gasteiger partial charge on any atom is -0.477 e. The van der Waals surface area contributed by atoms with Gasteiger partial charge in [0.05, 0.1) is 23.2 Å². The molecule has 0 fully saturated rings. The third-order valence-corrected chi connectivity index (χ3v) is 5.97. The van der Waals surface area contributed by atoms with Crippen LogP contribution in [0.5, 0.6) is 5.75 Å². The van der Waals surface area contributed by atoms with Gasteiger partial charge in [0.15, 0.2) is 17.1 Å². The molecule has 5 rings (SSSR count). The maximum atomic E-state index is 13.9. The molecule has 0 bridgehead atoms. The van der Waals surface area contributed by atoms with Gasteiger partial charge in [0.1, 0.15) is 11.5 Å². The molecule has 7 nitrogen and oxygen atoms in total. The monoisotopic (exact) mass is 454 g/mol. The first-order valence-electron chi connectivity index (χ1n) is 10.9. The molecule has 7 heteroatoms. The van der Waals surface area contributed by atoms with E-state index in [0.29, 0.717) is 28.1 Å². The Morgan fingerprint density at radius 1 is 0.971 bits per heavy atom. The molecule has 4 aromatic rings. The normalized spacial score (nSPS) is 14.9. The van der Waals surface area contributed by atoms with Crippen LogP contribution in [0.15, 0.2) is 82.0 Å². The predicted octanol–water partition coefficient (Wildman–Crippen LogP) is 3.92. The van der Waals surface area contributed by atoms with Crippen LogP contribution < -0.4 is 20.4 Å². The Bertz CT molecular complexity index is 1480. The number of amides is 2. The van der Waals surface area contributed by atoms with Crippen molar-refractivity contribution in [3.8, 4) is 17.1 Å². The number of hydrogen-bond acceptors (Lipinski definition) is 5. The smallest absolute Gasteiger partial charge is 0.262 e. The van der Waals surface area contributed by atoms with Crippen LogP contribution in [0.2, 0.25) is 0 Å². The molecule has 1 N–H and O–H groups in total. The summed E-state index contributed by atoms with van der Waals surface area (Å²) < 4.78 is 12.0. The molecule has 2 heterocycles. The molecule has 34 heavy (non-hydrogen) atoms. The molecule has 0 saturated carbocycles. The number of para-hydroxylation sites is 3. The third kappa shape index (κ3) is 3.51. The first-order valence-corrected chi connectivity index (χ1v) is 10.9. The summed E-state index contributed by atoms with van der Waals surface area (Å²) in [6.07, 6.45) is -0.868. The van der Waals surface area contributed by atoms with E-state index in [9.17, 15) is 14.4 Å². The number of hydrogen-bond donors (Lipinski definition) is 1. The predicted molar refractivity (Wildman–Crippen MR) is 129 cm³/mol. The lowest BCUT2D eigenvalue weighted by atomic mass is 10.0. The van der Waals surface area contributed by atoms with Crippen molar-refractivity contribution in [3.05, 3.63) is 94.1 Å². The molecular weight excluding hydrogens is 432 g/mol. The van der Waals surface area contributed by atoms with Gasteiger partial charge in [-0.3, -0.25) is 14.4 Å². The Morgan fingerprint density at radius 2 is 1.71 bits per heavy atom. The zero-order valence-corrected chi connectivity index (χ0v) is 18.7. The number of nitrogens with zero attached hydrogens (tertiary/aromatic N) is 1. The largest absolute Gasteiger partial charge is 0.477 e. The molecule has 1 aliphatic heterocycles. The van der Waals surface area contributed by atoms with E-state index in [4.69, 9.17) is 9.15 Å². The maximum absolute atomic E-state index is 13.9. The van der Waals surface area contributed by atoms with Crippen molar-refractivity contribution in [3.63, 3.8) is 0 Å². The Balaban J connectivity index is 1.67. The van der Waals surface area contributed by atoms with E-state index < -0.39 is 6.10 Å². The number of carbonyl (C=O) groups excluding carboxylic acids is 2. The Labute approximate surface area is 195 Å². The molecular formula is C27H22N2O5. The summed E-state index contributed by atoms with van der Waals surface area (Å²) in [4.78, 5) is 40.9. The molecule has 0 spiro atoms. The highest BCUT2D eigenvalue weighted by Crippen LogP contribution is 2.35. The zero-order valence-electron chi connectivity index (χ0n) is 18.7.